The Balaban J connectivity index is 0.00000106. The topological polar surface area (TPSA) is 9.23 Å². The lowest BCUT2D eigenvalue weighted by molar-refractivity contribution is 0.340. The van der Waals surface area contributed by atoms with Crippen molar-refractivity contribution in [1.82, 2.24) is 0 Å². The largest absolute Gasteiger partial charge is 0.494 e. The molecule has 0 atom stereocenters. The van der Waals surface area contributed by atoms with E-state index in [9.17, 15) is 0 Å². The molecule has 0 amide bonds. The molecule has 0 radical (unpaired) electrons. The Kier molecular flexibility index (Phi) is 9.89. The van der Waals surface area contributed by atoms with Crippen LogP contribution in [0.4, 0.5) is 0 Å². The number of ether oxygens (including phenoxy) is 1. The minimum Gasteiger partial charge on any atom is -0.494 e. The van der Waals surface area contributed by atoms with E-state index in [0.717, 1.165) is 12.4 Å². The molecule has 0 unspecified atom stereocenters. The van der Waals surface area contributed by atoms with Crippen molar-refractivity contribution in [1.29, 1.82) is 0 Å². The fourth-order valence-electron chi connectivity index (χ4n) is 1.54. The third-order valence-corrected chi connectivity index (χ3v) is 2.28. The Bertz CT molecular complexity index is 255. The predicted molar refractivity (Wildman–Crippen MR) is 72.2 cm³/mol. The first kappa shape index (κ1) is 15.0. The van der Waals surface area contributed by atoms with Gasteiger partial charge in [-0.05, 0) is 37.5 Å². The van der Waals surface area contributed by atoms with Gasteiger partial charge in [0.15, 0.2) is 0 Å². The molecule has 1 nitrogen and oxygen atoms in total. The Morgan fingerprint density at radius 1 is 1.06 bits per heavy atom. The van der Waals surface area contributed by atoms with Gasteiger partial charge in [0, 0.05) is 0 Å². The summed E-state index contributed by atoms with van der Waals surface area (Å²) in [6, 6.07) is 8.43. The van der Waals surface area contributed by atoms with Gasteiger partial charge in [-0.25, -0.2) is 0 Å². The summed E-state index contributed by atoms with van der Waals surface area (Å²) >= 11 is 0. The maximum Gasteiger partial charge on any atom is 0.119 e. The van der Waals surface area contributed by atoms with E-state index in [1.807, 2.05) is 26.8 Å². The van der Waals surface area contributed by atoms with Crippen LogP contribution in [0.15, 0.2) is 24.3 Å². The summed E-state index contributed by atoms with van der Waals surface area (Å²) in [6.45, 7) is 9.00. The van der Waals surface area contributed by atoms with E-state index in [2.05, 4.69) is 25.1 Å². The molecule has 1 rings (SSSR count). The van der Waals surface area contributed by atoms with Crippen LogP contribution >= 0.6 is 0 Å². The second kappa shape index (κ2) is 10.5. The SMILES string of the molecule is CC.CCCCCc1cccc(OCC)c1. The Labute approximate surface area is 101 Å². The molecule has 0 aliphatic carbocycles. The monoisotopic (exact) mass is 222 g/mol. The van der Waals surface area contributed by atoms with Crippen LogP contribution in [0, 0.1) is 0 Å². The van der Waals surface area contributed by atoms with Gasteiger partial charge in [0.2, 0.25) is 0 Å². The maximum atomic E-state index is 5.45. The van der Waals surface area contributed by atoms with Crippen molar-refractivity contribution in [3.05, 3.63) is 29.8 Å². The summed E-state index contributed by atoms with van der Waals surface area (Å²) in [7, 11) is 0. The van der Waals surface area contributed by atoms with Crippen LogP contribution in [-0.2, 0) is 6.42 Å². The summed E-state index contributed by atoms with van der Waals surface area (Å²) in [5.74, 6) is 1.00. The molecule has 0 spiro atoms. The summed E-state index contributed by atoms with van der Waals surface area (Å²) in [5.41, 5.74) is 1.39. The highest BCUT2D eigenvalue weighted by molar-refractivity contribution is 5.28. The zero-order valence-corrected chi connectivity index (χ0v) is 11.3. The van der Waals surface area contributed by atoms with Gasteiger partial charge in [-0.2, -0.15) is 0 Å². The molecule has 0 fully saturated rings. The number of rotatable bonds is 6. The molecule has 0 saturated carbocycles. The van der Waals surface area contributed by atoms with Crippen LogP contribution in [0.2, 0.25) is 0 Å². The van der Waals surface area contributed by atoms with Crippen molar-refractivity contribution in [2.24, 2.45) is 0 Å². The Morgan fingerprint density at radius 3 is 2.44 bits per heavy atom. The first-order valence-corrected chi connectivity index (χ1v) is 6.58. The van der Waals surface area contributed by atoms with Crippen LogP contribution in [0.25, 0.3) is 0 Å². The lowest BCUT2D eigenvalue weighted by Gasteiger charge is -2.05. The van der Waals surface area contributed by atoms with Gasteiger partial charge >= 0.3 is 0 Å². The van der Waals surface area contributed by atoms with Gasteiger partial charge in [0.25, 0.3) is 0 Å². The summed E-state index contributed by atoms with van der Waals surface area (Å²) in [4.78, 5) is 0. The number of unbranched alkanes of at least 4 members (excludes halogenated alkanes) is 2. The molecule has 0 aliphatic rings. The Hall–Kier alpha value is -0.980. The van der Waals surface area contributed by atoms with Crippen LogP contribution in [0.5, 0.6) is 5.75 Å². The van der Waals surface area contributed by atoms with E-state index >= 15 is 0 Å². The van der Waals surface area contributed by atoms with Crippen LogP contribution < -0.4 is 4.74 Å². The molecule has 1 heteroatoms. The summed E-state index contributed by atoms with van der Waals surface area (Å²) < 4.78 is 5.45. The molecule has 92 valence electrons. The first-order valence-electron chi connectivity index (χ1n) is 6.58. The molecule has 1 aromatic rings. The van der Waals surface area contributed by atoms with Crippen molar-refractivity contribution in [3.8, 4) is 5.75 Å². The molecule has 0 aromatic heterocycles. The highest BCUT2D eigenvalue weighted by atomic mass is 16.5. The number of benzene rings is 1. The van der Waals surface area contributed by atoms with Crippen LogP contribution in [-0.4, -0.2) is 6.61 Å². The zero-order valence-electron chi connectivity index (χ0n) is 11.3. The minimum absolute atomic E-state index is 0.748. The lowest BCUT2D eigenvalue weighted by Crippen LogP contribution is -1.92. The van der Waals surface area contributed by atoms with Crippen molar-refractivity contribution < 1.29 is 4.74 Å². The Morgan fingerprint density at radius 2 is 1.81 bits per heavy atom. The molecule has 0 N–H and O–H groups in total. The number of hydrogen-bond acceptors (Lipinski definition) is 1. The van der Waals surface area contributed by atoms with E-state index in [0.29, 0.717) is 0 Å². The molecule has 0 aliphatic heterocycles. The normalized spacial score (nSPS) is 9.25. The van der Waals surface area contributed by atoms with Gasteiger partial charge in [-0.1, -0.05) is 45.7 Å². The van der Waals surface area contributed by atoms with Gasteiger partial charge in [-0.15, -0.1) is 0 Å². The first-order chi connectivity index (χ1) is 7.86. The number of hydrogen-bond donors (Lipinski definition) is 0. The molecule has 0 saturated heterocycles. The highest BCUT2D eigenvalue weighted by Gasteiger charge is 1.95. The average molecular weight is 222 g/mol. The van der Waals surface area contributed by atoms with Crippen molar-refractivity contribution in [2.75, 3.05) is 6.61 Å². The summed E-state index contributed by atoms with van der Waals surface area (Å²) in [5, 5.41) is 0. The number of aryl methyl sites for hydroxylation is 1. The smallest absolute Gasteiger partial charge is 0.119 e. The van der Waals surface area contributed by atoms with Crippen molar-refractivity contribution >= 4 is 0 Å². The van der Waals surface area contributed by atoms with E-state index in [-0.39, 0.29) is 0 Å². The lowest BCUT2D eigenvalue weighted by atomic mass is 10.1. The molecular weight excluding hydrogens is 196 g/mol. The quantitative estimate of drug-likeness (QED) is 0.625. The second-order valence-electron chi connectivity index (χ2n) is 3.54. The van der Waals surface area contributed by atoms with E-state index in [1.165, 1.54) is 31.2 Å². The van der Waals surface area contributed by atoms with Gasteiger partial charge < -0.3 is 4.74 Å². The third kappa shape index (κ3) is 6.49. The molecule has 0 bridgehead atoms. The third-order valence-electron chi connectivity index (χ3n) is 2.28. The second-order valence-corrected chi connectivity index (χ2v) is 3.54. The van der Waals surface area contributed by atoms with Gasteiger partial charge in [0.05, 0.1) is 6.61 Å². The molecule has 16 heavy (non-hydrogen) atoms. The minimum atomic E-state index is 0.748. The predicted octanol–water partition coefficient (Wildman–Crippen LogP) is 4.84. The standard InChI is InChI=1S/C13H20O.C2H6/c1-3-5-6-8-12-9-7-10-13(11-12)14-4-2;1-2/h7,9-11H,3-6,8H2,1-2H3;1-2H3. The van der Waals surface area contributed by atoms with E-state index < -0.39 is 0 Å². The van der Waals surface area contributed by atoms with Gasteiger partial charge in [0.1, 0.15) is 5.75 Å². The van der Waals surface area contributed by atoms with Crippen molar-refractivity contribution in [2.45, 2.75) is 53.4 Å². The average Bonchev–Trinajstić information content (AvgIpc) is 2.33. The molecule has 0 heterocycles. The van der Waals surface area contributed by atoms with Crippen LogP contribution in [0.1, 0.15) is 52.5 Å². The van der Waals surface area contributed by atoms with Crippen molar-refractivity contribution in [3.63, 3.8) is 0 Å². The highest BCUT2D eigenvalue weighted by Crippen LogP contribution is 2.15. The molecule has 1 aromatic carbocycles. The zero-order chi connectivity index (χ0) is 12.2. The fraction of sp³-hybridized carbons (Fsp3) is 0.600. The van der Waals surface area contributed by atoms with E-state index in [1.54, 1.807) is 0 Å². The maximum absolute atomic E-state index is 5.45. The fourth-order valence-corrected chi connectivity index (χ4v) is 1.54. The molecular formula is C15H26O. The van der Waals surface area contributed by atoms with Crippen LogP contribution in [0.3, 0.4) is 0 Å². The van der Waals surface area contributed by atoms with E-state index in [4.69, 9.17) is 4.74 Å². The summed E-state index contributed by atoms with van der Waals surface area (Å²) in [6.07, 6.45) is 5.06. The van der Waals surface area contributed by atoms with Gasteiger partial charge in [-0.3, -0.25) is 0 Å².